The van der Waals surface area contributed by atoms with Gasteiger partial charge in [0.05, 0.1) is 0 Å². The summed E-state index contributed by atoms with van der Waals surface area (Å²) in [7, 11) is 0. The number of rotatable bonds is 0. The molecule has 1 aliphatic carbocycles. The molecule has 108 valence electrons. The van der Waals surface area contributed by atoms with E-state index in [1.54, 1.807) is 0 Å². The van der Waals surface area contributed by atoms with Crippen LogP contribution in [0.5, 0.6) is 0 Å². The number of carbonyl (C=O) groups is 1. The molecule has 0 saturated carbocycles. The summed E-state index contributed by atoms with van der Waals surface area (Å²) in [5.41, 5.74) is -4.38. The largest absolute Gasteiger partial charge is 0.425 e. The molecule has 1 aliphatic rings. The second-order valence-electron chi connectivity index (χ2n) is 4.75. The van der Waals surface area contributed by atoms with Gasteiger partial charge in [0.1, 0.15) is 0 Å². The van der Waals surface area contributed by atoms with Crippen LogP contribution in [0.1, 0.15) is 27.0 Å². The molecule has 0 heterocycles. The summed E-state index contributed by atoms with van der Waals surface area (Å²) in [6.45, 7) is 0. The number of halogens is 4. The lowest BCUT2D eigenvalue weighted by Gasteiger charge is -2.37. The Morgan fingerprint density at radius 1 is 1.00 bits per heavy atom. The van der Waals surface area contributed by atoms with Crippen molar-refractivity contribution in [3.05, 3.63) is 69.2 Å². The fourth-order valence-corrected chi connectivity index (χ4v) is 3.18. The topological polar surface area (TPSA) is 37.3 Å². The third-order valence-electron chi connectivity index (χ3n) is 3.60. The SMILES string of the molecule is O=C1c2ccccc2C(O)(C(F)(F)F)c2cccc(Br)c21. The lowest BCUT2D eigenvalue weighted by molar-refractivity contribution is -0.248. The standard InChI is InChI=1S/C15H8BrF3O2/c16-11-7-3-6-10-12(11)13(20)8-4-1-2-5-9(8)14(10,21)15(17,18)19/h1-7,21H. The maximum absolute atomic E-state index is 13.6. The van der Waals surface area contributed by atoms with E-state index in [-0.39, 0.29) is 15.6 Å². The average Bonchev–Trinajstić information content (AvgIpc) is 2.43. The van der Waals surface area contributed by atoms with Gasteiger partial charge in [0, 0.05) is 26.7 Å². The number of carbonyl (C=O) groups excluding carboxylic acids is 1. The summed E-state index contributed by atoms with van der Waals surface area (Å²) in [6.07, 6.45) is -4.95. The van der Waals surface area contributed by atoms with Gasteiger partial charge in [-0.1, -0.05) is 52.3 Å². The van der Waals surface area contributed by atoms with Gasteiger partial charge in [-0.25, -0.2) is 0 Å². The van der Waals surface area contributed by atoms with Crippen LogP contribution < -0.4 is 0 Å². The van der Waals surface area contributed by atoms with Crippen molar-refractivity contribution in [3.8, 4) is 0 Å². The van der Waals surface area contributed by atoms with E-state index in [1.165, 1.54) is 30.3 Å². The minimum Gasteiger partial charge on any atom is -0.372 e. The highest BCUT2D eigenvalue weighted by atomic mass is 79.9. The Bertz CT molecular complexity index is 755. The first-order chi connectivity index (χ1) is 9.78. The van der Waals surface area contributed by atoms with Crippen LogP contribution in [0.25, 0.3) is 0 Å². The minimum absolute atomic E-state index is 0.142. The molecule has 1 atom stereocenters. The van der Waals surface area contributed by atoms with Crippen molar-refractivity contribution in [2.24, 2.45) is 0 Å². The van der Waals surface area contributed by atoms with Crippen LogP contribution in [0.15, 0.2) is 46.9 Å². The molecule has 2 aromatic carbocycles. The predicted octanol–water partition coefficient (Wildman–Crippen LogP) is 3.79. The third kappa shape index (κ3) is 1.79. The Kier molecular flexibility index (Phi) is 3.00. The Hall–Kier alpha value is -1.66. The van der Waals surface area contributed by atoms with Gasteiger partial charge < -0.3 is 5.11 Å². The lowest BCUT2D eigenvalue weighted by atomic mass is 9.74. The van der Waals surface area contributed by atoms with Gasteiger partial charge in [0.25, 0.3) is 0 Å². The van der Waals surface area contributed by atoms with Gasteiger partial charge in [-0.05, 0) is 6.07 Å². The molecular weight excluding hydrogens is 349 g/mol. The number of benzene rings is 2. The van der Waals surface area contributed by atoms with Crippen LogP contribution in [-0.4, -0.2) is 17.1 Å². The van der Waals surface area contributed by atoms with Gasteiger partial charge in [0.2, 0.25) is 5.60 Å². The molecule has 0 saturated heterocycles. The van der Waals surface area contributed by atoms with E-state index in [1.807, 2.05) is 0 Å². The van der Waals surface area contributed by atoms with E-state index in [2.05, 4.69) is 15.9 Å². The number of hydrogen-bond donors (Lipinski definition) is 1. The molecule has 2 aromatic rings. The molecule has 0 fully saturated rings. The van der Waals surface area contributed by atoms with E-state index in [4.69, 9.17) is 0 Å². The first-order valence-electron chi connectivity index (χ1n) is 6.01. The normalized spacial score (nSPS) is 20.9. The molecule has 0 aliphatic heterocycles. The van der Waals surface area contributed by atoms with E-state index < -0.39 is 28.7 Å². The van der Waals surface area contributed by atoms with Crippen molar-refractivity contribution < 1.29 is 23.1 Å². The molecule has 21 heavy (non-hydrogen) atoms. The van der Waals surface area contributed by atoms with Gasteiger partial charge in [-0.2, -0.15) is 13.2 Å². The summed E-state index contributed by atoms with van der Waals surface area (Å²) in [5.74, 6) is -0.540. The summed E-state index contributed by atoms with van der Waals surface area (Å²) in [6, 6.07) is 9.21. The fourth-order valence-electron chi connectivity index (χ4n) is 2.64. The fraction of sp³-hybridized carbons (Fsp3) is 0.133. The highest BCUT2D eigenvalue weighted by Crippen LogP contribution is 2.50. The molecule has 0 bridgehead atoms. The number of aliphatic hydroxyl groups is 1. The van der Waals surface area contributed by atoms with Crippen LogP contribution in [0, 0.1) is 0 Å². The Balaban J connectivity index is 2.46. The zero-order chi connectivity index (χ0) is 15.4. The molecule has 0 amide bonds. The highest BCUT2D eigenvalue weighted by Gasteiger charge is 2.60. The van der Waals surface area contributed by atoms with Gasteiger partial charge in [-0.3, -0.25) is 4.79 Å². The first kappa shape index (κ1) is 14.3. The molecule has 3 rings (SSSR count). The monoisotopic (exact) mass is 356 g/mol. The van der Waals surface area contributed by atoms with Crippen molar-refractivity contribution in [1.29, 1.82) is 0 Å². The number of hydrogen-bond acceptors (Lipinski definition) is 2. The lowest BCUT2D eigenvalue weighted by Crippen LogP contribution is -2.47. The minimum atomic E-state index is -4.95. The molecule has 0 radical (unpaired) electrons. The van der Waals surface area contributed by atoms with Crippen LogP contribution in [0.4, 0.5) is 13.2 Å². The zero-order valence-corrected chi connectivity index (χ0v) is 12.0. The molecule has 2 nitrogen and oxygen atoms in total. The predicted molar refractivity (Wildman–Crippen MR) is 73.1 cm³/mol. The second kappa shape index (κ2) is 4.42. The molecule has 1 N–H and O–H groups in total. The van der Waals surface area contributed by atoms with Crippen LogP contribution in [-0.2, 0) is 5.60 Å². The van der Waals surface area contributed by atoms with Crippen molar-refractivity contribution >= 4 is 21.7 Å². The maximum atomic E-state index is 13.6. The maximum Gasteiger partial charge on any atom is 0.425 e. The van der Waals surface area contributed by atoms with Crippen molar-refractivity contribution in [3.63, 3.8) is 0 Å². The Morgan fingerprint density at radius 2 is 1.62 bits per heavy atom. The smallest absolute Gasteiger partial charge is 0.372 e. The van der Waals surface area contributed by atoms with Crippen LogP contribution in [0.2, 0.25) is 0 Å². The summed E-state index contributed by atoms with van der Waals surface area (Å²) >= 11 is 3.09. The Labute approximate surface area is 126 Å². The van der Waals surface area contributed by atoms with E-state index in [9.17, 15) is 23.1 Å². The number of fused-ring (bicyclic) bond motifs is 2. The number of alkyl halides is 3. The molecule has 0 spiro atoms. The summed E-state index contributed by atoms with van der Waals surface area (Å²) in [5, 5.41) is 10.5. The summed E-state index contributed by atoms with van der Waals surface area (Å²) < 4.78 is 40.9. The van der Waals surface area contributed by atoms with Gasteiger partial charge in [0.15, 0.2) is 5.78 Å². The van der Waals surface area contributed by atoms with E-state index >= 15 is 0 Å². The first-order valence-corrected chi connectivity index (χ1v) is 6.80. The summed E-state index contributed by atoms with van der Waals surface area (Å²) in [4.78, 5) is 12.4. The van der Waals surface area contributed by atoms with E-state index in [0.29, 0.717) is 0 Å². The Morgan fingerprint density at radius 3 is 2.29 bits per heavy atom. The molecule has 0 aromatic heterocycles. The average molecular weight is 357 g/mol. The van der Waals surface area contributed by atoms with Crippen molar-refractivity contribution in [2.75, 3.05) is 0 Å². The van der Waals surface area contributed by atoms with Crippen molar-refractivity contribution in [1.82, 2.24) is 0 Å². The molecule has 6 heteroatoms. The zero-order valence-electron chi connectivity index (χ0n) is 10.4. The van der Waals surface area contributed by atoms with Crippen LogP contribution >= 0.6 is 15.9 Å². The second-order valence-corrected chi connectivity index (χ2v) is 5.60. The van der Waals surface area contributed by atoms with Crippen molar-refractivity contribution in [2.45, 2.75) is 11.8 Å². The third-order valence-corrected chi connectivity index (χ3v) is 4.26. The number of ketones is 1. The molecular formula is C15H8BrF3O2. The van der Waals surface area contributed by atoms with Gasteiger partial charge >= 0.3 is 6.18 Å². The quantitative estimate of drug-likeness (QED) is 0.779. The highest BCUT2D eigenvalue weighted by molar-refractivity contribution is 9.10. The van der Waals surface area contributed by atoms with E-state index in [0.717, 1.165) is 12.1 Å². The molecule has 1 unspecified atom stereocenters. The van der Waals surface area contributed by atoms with Gasteiger partial charge in [-0.15, -0.1) is 0 Å². The van der Waals surface area contributed by atoms with Crippen LogP contribution in [0.3, 0.4) is 0 Å².